The third kappa shape index (κ3) is 5.09. The van der Waals surface area contributed by atoms with E-state index in [2.05, 4.69) is 5.32 Å². The Labute approximate surface area is 175 Å². The zero-order valence-electron chi connectivity index (χ0n) is 17.6. The zero-order chi connectivity index (χ0) is 22.5. The third-order valence-corrected chi connectivity index (χ3v) is 4.81. The number of hydrogen-bond acceptors (Lipinski definition) is 7. The van der Waals surface area contributed by atoms with Crippen LogP contribution in [0.1, 0.15) is 60.7 Å². The molecular formula is C21H29FN4O4. The lowest BCUT2D eigenvalue weighted by atomic mass is 9.89. The molecule has 0 aliphatic carbocycles. The number of halogens is 1. The maximum Gasteiger partial charge on any atom is 0.334 e. The molecule has 1 aromatic rings. The highest BCUT2D eigenvalue weighted by Gasteiger charge is 2.54. The second kappa shape index (κ2) is 9.44. The van der Waals surface area contributed by atoms with Crippen molar-refractivity contribution in [2.45, 2.75) is 51.2 Å². The highest BCUT2D eigenvalue weighted by molar-refractivity contribution is 6.23. The van der Waals surface area contributed by atoms with Crippen molar-refractivity contribution < 1.29 is 23.5 Å². The maximum absolute atomic E-state index is 13.2. The first-order chi connectivity index (χ1) is 14.0. The molecule has 1 aliphatic heterocycles. The SMILES string of the molecule is CC(C)(C)OC(=O)C(CN)(CCCCNCC(=N)F)N1C(=O)c2ccccc2C1=O. The minimum atomic E-state index is -1.65. The van der Waals surface area contributed by atoms with Crippen LogP contribution in [-0.2, 0) is 9.53 Å². The fourth-order valence-electron chi connectivity index (χ4n) is 3.40. The molecule has 164 valence electrons. The highest BCUT2D eigenvalue weighted by atomic mass is 19.1. The van der Waals surface area contributed by atoms with Crippen LogP contribution in [0.5, 0.6) is 0 Å². The Hall–Kier alpha value is -2.65. The van der Waals surface area contributed by atoms with Gasteiger partial charge in [-0.25, -0.2) is 4.79 Å². The van der Waals surface area contributed by atoms with Crippen molar-refractivity contribution in [3.8, 4) is 0 Å². The van der Waals surface area contributed by atoms with E-state index in [1.54, 1.807) is 45.0 Å². The summed E-state index contributed by atoms with van der Waals surface area (Å²) in [4.78, 5) is 40.3. The van der Waals surface area contributed by atoms with Gasteiger partial charge in [-0.15, -0.1) is 0 Å². The van der Waals surface area contributed by atoms with Crippen LogP contribution in [0.15, 0.2) is 24.3 Å². The Morgan fingerprint density at radius 2 is 1.73 bits per heavy atom. The smallest absolute Gasteiger partial charge is 0.334 e. The summed E-state index contributed by atoms with van der Waals surface area (Å²) in [5, 5.41) is 9.54. The van der Waals surface area contributed by atoms with Gasteiger partial charge in [0.25, 0.3) is 11.8 Å². The number of esters is 1. The predicted octanol–water partition coefficient (Wildman–Crippen LogP) is 2.03. The number of ether oxygens (including phenoxy) is 1. The van der Waals surface area contributed by atoms with Gasteiger partial charge in [-0.05, 0) is 58.7 Å². The fourth-order valence-corrected chi connectivity index (χ4v) is 3.40. The number of nitrogens with one attached hydrogen (secondary N) is 2. The summed E-state index contributed by atoms with van der Waals surface area (Å²) >= 11 is 0. The fraction of sp³-hybridized carbons (Fsp3) is 0.524. The molecule has 2 amide bonds. The first kappa shape index (κ1) is 23.6. The minimum absolute atomic E-state index is 0.110. The number of nitrogens with zero attached hydrogens (tertiary/aromatic N) is 1. The van der Waals surface area contributed by atoms with E-state index in [1.807, 2.05) is 0 Å². The Bertz CT molecular complexity index is 802. The standard InChI is InChI=1S/C21H29FN4O4/c1-20(2,3)30-19(29)21(13-23,10-6-7-11-25-12-16(22)24)26-17(27)14-8-4-5-9-15(14)18(26)28/h4-5,8-9,24-25H,6-7,10-13,23H2,1-3H3. The minimum Gasteiger partial charge on any atom is -0.458 e. The summed E-state index contributed by atoms with van der Waals surface area (Å²) in [7, 11) is 0. The van der Waals surface area contributed by atoms with Crippen molar-refractivity contribution in [3.63, 3.8) is 0 Å². The molecule has 0 bridgehead atoms. The van der Waals surface area contributed by atoms with Crippen LogP contribution in [0.3, 0.4) is 0 Å². The van der Waals surface area contributed by atoms with E-state index < -0.39 is 34.9 Å². The Balaban J connectivity index is 2.29. The van der Waals surface area contributed by atoms with E-state index in [0.29, 0.717) is 19.4 Å². The van der Waals surface area contributed by atoms with Gasteiger partial charge >= 0.3 is 5.97 Å². The van der Waals surface area contributed by atoms with E-state index >= 15 is 0 Å². The van der Waals surface area contributed by atoms with Crippen LogP contribution in [0.4, 0.5) is 4.39 Å². The molecule has 0 saturated heterocycles. The second-order valence-electron chi connectivity index (χ2n) is 8.27. The monoisotopic (exact) mass is 420 g/mol. The van der Waals surface area contributed by atoms with E-state index in [4.69, 9.17) is 15.9 Å². The molecule has 1 unspecified atom stereocenters. The van der Waals surface area contributed by atoms with Crippen LogP contribution in [0.25, 0.3) is 0 Å². The first-order valence-corrected chi connectivity index (χ1v) is 9.88. The van der Waals surface area contributed by atoms with Gasteiger partial charge in [0.15, 0.2) is 11.5 Å². The number of amides is 2. The number of fused-ring (bicyclic) bond motifs is 1. The Morgan fingerprint density at radius 1 is 1.17 bits per heavy atom. The van der Waals surface area contributed by atoms with Gasteiger partial charge in [-0.2, -0.15) is 4.39 Å². The van der Waals surface area contributed by atoms with Gasteiger partial charge < -0.3 is 15.8 Å². The van der Waals surface area contributed by atoms with Gasteiger partial charge in [-0.3, -0.25) is 19.9 Å². The average Bonchev–Trinajstić information content (AvgIpc) is 2.92. The molecule has 1 aromatic carbocycles. The summed E-state index contributed by atoms with van der Waals surface area (Å²) < 4.78 is 18.1. The Morgan fingerprint density at radius 3 is 2.20 bits per heavy atom. The van der Waals surface area contributed by atoms with Gasteiger partial charge in [0.2, 0.25) is 0 Å². The molecule has 2 rings (SSSR count). The van der Waals surface area contributed by atoms with Crippen LogP contribution < -0.4 is 11.1 Å². The van der Waals surface area contributed by atoms with E-state index in [1.165, 1.54) is 0 Å². The summed E-state index contributed by atoms with van der Waals surface area (Å²) in [5.41, 5.74) is 3.98. The van der Waals surface area contributed by atoms with Gasteiger partial charge in [0.05, 0.1) is 17.7 Å². The Kier molecular flexibility index (Phi) is 7.44. The number of carbonyl (C=O) groups excluding carboxylic acids is 3. The van der Waals surface area contributed by atoms with Crippen LogP contribution >= 0.6 is 0 Å². The molecule has 1 atom stereocenters. The van der Waals surface area contributed by atoms with Crippen molar-refractivity contribution >= 4 is 23.7 Å². The number of nitrogens with two attached hydrogens (primary N) is 1. The zero-order valence-corrected chi connectivity index (χ0v) is 17.6. The molecule has 8 nitrogen and oxygen atoms in total. The number of hydrogen-bond donors (Lipinski definition) is 3. The van der Waals surface area contributed by atoms with Crippen molar-refractivity contribution in [2.75, 3.05) is 19.6 Å². The van der Waals surface area contributed by atoms with E-state index in [9.17, 15) is 18.8 Å². The number of rotatable bonds is 10. The van der Waals surface area contributed by atoms with Crippen molar-refractivity contribution in [2.24, 2.45) is 5.73 Å². The van der Waals surface area contributed by atoms with Gasteiger partial charge in [-0.1, -0.05) is 12.1 Å². The maximum atomic E-state index is 13.2. The number of unbranched alkanes of at least 4 members (excludes halogenated alkanes) is 1. The quantitative estimate of drug-likeness (QED) is 0.230. The first-order valence-electron chi connectivity index (χ1n) is 9.88. The summed E-state index contributed by atoms with van der Waals surface area (Å²) in [6, 6.07) is 6.39. The molecule has 0 aromatic heterocycles. The lowest BCUT2D eigenvalue weighted by Gasteiger charge is -2.39. The molecular weight excluding hydrogens is 391 g/mol. The summed E-state index contributed by atoms with van der Waals surface area (Å²) in [6.45, 7) is 5.05. The van der Waals surface area contributed by atoms with E-state index in [0.717, 1.165) is 4.90 Å². The number of benzene rings is 1. The average molecular weight is 420 g/mol. The van der Waals surface area contributed by atoms with Crippen molar-refractivity contribution in [1.82, 2.24) is 10.2 Å². The molecule has 1 heterocycles. The number of carbonyl (C=O) groups is 3. The van der Waals surface area contributed by atoms with Gasteiger partial charge in [0, 0.05) is 6.54 Å². The van der Waals surface area contributed by atoms with Gasteiger partial charge in [0.1, 0.15) is 5.60 Å². The largest absolute Gasteiger partial charge is 0.458 e. The third-order valence-electron chi connectivity index (χ3n) is 4.81. The lowest BCUT2D eigenvalue weighted by molar-refractivity contribution is -0.167. The van der Waals surface area contributed by atoms with E-state index in [-0.39, 0.29) is 30.6 Å². The molecule has 30 heavy (non-hydrogen) atoms. The summed E-state index contributed by atoms with van der Waals surface area (Å²) in [5.74, 6) is -2.84. The van der Waals surface area contributed by atoms with Crippen LogP contribution in [0.2, 0.25) is 0 Å². The van der Waals surface area contributed by atoms with Crippen LogP contribution in [0, 0.1) is 5.41 Å². The molecule has 9 heteroatoms. The highest BCUT2D eigenvalue weighted by Crippen LogP contribution is 2.34. The summed E-state index contributed by atoms with van der Waals surface area (Å²) in [6.07, 6.45) is 1.07. The topological polar surface area (TPSA) is 126 Å². The molecule has 0 spiro atoms. The molecule has 0 saturated carbocycles. The molecule has 0 fully saturated rings. The van der Waals surface area contributed by atoms with Crippen molar-refractivity contribution in [1.29, 1.82) is 5.41 Å². The van der Waals surface area contributed by atoms with Crippen LogP contribution in [-0.4, -0.2) is 59.4 Å². The lowest BCUT2D eigenvalue weighted by Crippen LogP contribution is -2.62. The second-order valence-corrected chi connectivity index (χ2v) is 8.27. The van der Waals surface area contributed by atoms with Crippen molar-refractivity contribution in [3.05, 3.63) is 35.4 Å². The molecule has 1 aliphatic rings. The number of imide groups is 1. The normalized spacial score (nSPS) is 15.7. The predicted molar refractivity (Wildman–Crippen MR) is 110 cm³/mol. The molecule has 4 N–H and O–H groups in total. The molecule has 0 radical (unpaired) electrons.